The summed E-state index contributed by atoms with van der Waals surface area (Å²) in [5.41, 5.74) is 2.10. The Morgan fingerprint density at radius 2 is 1.81 bits per heavy atom. The molecule has 0 aliphatic carbocycles. The minimum absolute atomic E-state index is 0.147. The largest absolute Gasteiger partial charge is 0.379 e. The van der Waals surface area contributed by atoms with Crippen molar-refractivity contribution in [3.63, 3.8) is 0 Å². The quantitative estimate of drug-likeness (QED) is 0.885. The molecule has 0 unspecified atom stereocenters. The highest BCUT2D eigenvalue weighted by molar-refractivity contribution is 5.94. The second kappa shape index (κ2) is 8.63. The number of likely N-dealkylation sites (tertiary alicyclic amines) is 1. The predicted octanol–water partition coefficient (Wildman–Crippen LogP) is 2.53. The minimum atomic E-state index is 0.147. The fourth-order valence-corrected chi connectivity index (χ4v) is 4.12. The molecule has 2 atom stereocenters. The summed E-state index contributed by atoms with van der Waals surface area (Å²) in [6.45, 7) is 3.21. The molecule has 1 aromatic heterocycles. The third-order valence-corrected chi connectivity index (χ3v) is 5.70. The van der Waals surface area contributed by atoms with Crippen LogP contribution in [0.1, 0.15) is 28.8 Å². The topological polar surface area (TPSA) is 54.5 Å². The van der Waals surface area contributed by atoms with E-state index in [2.05, 4.69) is 22.4 Å². The van der Waals surface area contributed by atoms with Crippen LogP contribution < -0.4 is 5.32 Å². The van der Waals surface area contributed by atoms with Crippen LogP contribution in [0, 0.1) is 5.92 Å². The van der Waals surface area contributed by atoms with Crippen LogP contribution >= 0.6 is 0 Å². The van der Waals surface area contributed by atoms with Crippen molar-refractivity contribution in [2.45, 2.75) is 31.3 Å². The molecule has 0 saturated carbocycles. The number of benzene rings is 1. The Hall–Kier alpha value is -2.24. The van der Waals surface area contributed by atoms with Crippen LogP contribution in [0.25, 0.3) is 0 Å². The average molecular weight is 365 g/mol. The summed E-state index contributed by atoms with van der Waals surface area (Å²) in [5.74, 6) is 0.644. The molecule has 5 nitrogen and oxygen atoms in total. The van der Waals surface area contributed by atoms with Gasteiger partial charge in [0, 0.05) is 49.0 Å². The smallest absolute Gasteiger partial charge is 0.253 e. The van der Waals surface area contributed by atoms with E-state index in [-0.39, 0.29) is 5.91 Å². The number of rotatable bonds is 5. The van der Waals surface area contributed by atoms with Crippen LogP contribution in [0.15, 0.2) is 54.9 Å². The molecular weight excluding hydrogens is 338 g/mol. The van der Waals surface area contributed by atoms with E-state index in [0.29, 0.717) is 18.0 Å². The van der Waals surface area contributed by atoms with Crippen LogP contribution in [0.5, 0.6) is 0 Å². The molecule has 1 amide bonds. The molecule has 2 aromatic rings. The summed E-state index contributed by atoms with van der Waals surface area (Å²) in [6.07, 6.45) is 6.72. The van der Waals surface area contributed by atoms with Crippen molar-refractivity contribution in [1.82, 2.24) is 15.2 Å². The van der Waals surface area contributed by atoms with Crippen molar-refractivity contribution >= 4 is 5.91 Å². The number of aromatic nitrogens is 1. The highest BCUT2D eigenvalue weighted by Gasteiger charge is 2.32. The SMILES string of the molecule is O=C(c1ccccc1)N1CCC(N[C@@H]2COC[C@H]2Cc2ccncc2)CC1. The molecule has 2 aliphatic rings. The van der Waals surface area contributed by atoms with Gasteiger partial charge < -0.3 is 15.0 Å². The molecule has 0 bridgehead atoms. The van der Waals surface area contributed by atoms with Gasteiger partial charge in [-0.2, -0.15) is 0 Å². The number of hydrogen-bond donors (Lipinski definition) is 1. The molecule has 5 heteroatoms. The zero-order valence-electron chi connectivity index (χ0n) is 15.6. The number of pyridine rings is 1. The fraction of sp³-hybridized carbons (Fsp3) is 0.455. The summed E-state index contributed by atoms with van der Waals surface area (Å²) in [4.78, 5) is 18.7. The van der Waals surface area contributed by atoms with Gasteiger partial charge in [-0.3, -0.25) is 9.78 Å². The normalized spacial score (nSPS) is 23.5. The zero-order chi connectivity index (χ0) is 18.5. The molecule has 3 heterocycles. The number of piperidine rings is 1. The van der Waals surface area contributed by atoms with E-state index in [0.717, 1.165) is 51.1 Å². The molecule has 27 heavy (non-hydrogen) atoms. The van der Waals surface area contributed by atoms with Crippen molar-refractivity contribution in [2.75, 3.05) is 26.3 Å². The Morgan fingerprint density at radius 1 is 1.07 bits per heavy atom. The molecule has 1 N–H and O–H groups in total. The van der Waals surface area contributed by atoms with E-state index in [1.54, 1.807) is 0 Å². The van der Waals surface area contributed by atoms with Crippen molar-refractivity contribution in [3.05, 3.63) is 66.0 Å². The molecule has 0 radical (unpaired) electrons. The maximum absolute atomic E-state index is 12.6. The van der Waals surface area contributed by atoms with Gasteiger partial charge in [0.25, 0.3) is 5.91 Å². The van der Waals surface area contributed by atoms with Crippen molar-refractivity contribution in [3.8, 4) is 0 Å². The lowest BCUT2D eigenvalue weighted by Gasteiger charge is -2.34. The second-order valence-corrected chi connectivity index (χ2v) is 7.56. The number of carbonyl (C=O) groups is 1. The highest BCUT2D eigenvalue weighted by Crippen LogP contribution is 2.22. The third kappa shape index (κ3) is 4.54. The van der Waals surface area contributed by atoms with Gasteiger partial charge >= 0.3 is 0 Å². The maximum Gasteiger partial charge on any atom is 0.253 e. The van der Waals surface area contributed by atoms with Gasteiger partial charge in [-0.15, -0.1) is 0 Å². The van der Waals surface area contributed by atoms with E-state index >= 15 is 0 Å². The second-order valence-electron chi connectivity index (χ2n) is 7.56. The molecule has 1 aromatic carbocycles. The van der Waals surface area contributed by atoms with Crippen LogP contribution in [0.2, 0.25) is 0 Å². The van der Waals surface area contributed by atoms with Crippen LogP contribution in [-0.4, -0.2) is 54.2 Å². The van der Waals surface area contributed by atoms with Gasteiger partial charge in [0.2, 0.25) is 0 Å². The lowest BCUT2D eigenvalue weighted by Crippen LogP contribution is -2.49. The van der Waals surface area contributed by atoms with Crippen molar-refractivity contribution < 1.29 is 9.53 Å². The molecule has 0 spiro atoms. The summed E-state index contributed by atoms with van der Waals surface area (Å²) in [6, 6.07) is 14.6. The summed E-state index contributed by atoms with van der Waals surface area (Å²) < 4.78 is 5.76. The number of amides is 1. The van der Waals surface area contributed by atoms with Gasteiger partial charge in [0.15, 0.2) is 0 Å². The van der Waals surface area contributed by atoms with Gasteiger partial charge in [-0.05, 0) is 49.1 Å². The Balaban J connectivity index is 1.28. The summed E-state index contributed by atoms with van der Waals surface area (Å²) in [5, 5.41) is 3.81. The molecule has 2 fully saturated rings. The first kappa shape index (κ1) is 18.1. The first-order valence-corrected chi connectivity index (χ1v) is 9.86. The average Bonchev–Trinajstić information content (AvgIpc) is 3.16. The number of carbonyl (C=O) groups excluding carboxylic acids is 1. The van der Waals surface area contributed by atoms with Crippen LogP contribution in [-0.2, 0) is 11.2 Å². The van der Waals surface area contributed by atoms with Gasteiger partial charge in [-0.1, -0.05) is 18.2 Å². The standard InChI is InChI=1S/C22H27N3O2/c26-22(18-4-2-1-3-5-18)25-12-8-20(9-13-25)24-21-16-27-15-19(21)14-17-6-10-23-11-7-17/h1-7,10-11,19-21,24H,8-9,12-16H2/t19-,21-/m1/s1. The molecule has 4 rings (SSSR count). The van der Waals surface area contributed by atoms with E-state index in [4.69, 9.17) is 4.74 Å². The third-order valence-electron chi connectivity index (χ3n) is 5.70. The predicted molar refractivity (Wildman–Crippen MR) is 105 cm³/mol. The maximum atomic E-state index is 12.6. The summed E-state index contributed by atoms with van der Waals surface area (Å²) in [7, 11) is 0. The lowest BCUT2D eigenvalue weighted by molar-refractivity contribution is 0.0699. The molecule has 2 saturated heterocycles. The van der Waals surface area contributed by atoms with Crippen molar-refractivity contribution in [2.24, 2.45) is 5.92 Å². The van der Waals surface area contributed by atoms with E-state index < -0.39 is 0 Å². The minimum Gasteiger partial charge on any atom is -0.379 e. The van der Waals surface area contributed by atoms with Gasteiger partial charge in [0.05, 0.1) is 13.2 Å². The Morgan fingerprint density at radius 3 is 2.56 bits per heavy atom. The van der Waals surface area contributed by atoms with Crippen LogP contribution in [0.3, 0.4) is 0 Å². The monoisotopic (exact) mass is 365 g/mol. The first-order valence-electron chi connectivity index (χ1n) is 9.86. The number of hydrogen-bond acceptors (Lipinski definition) is 4. The van der Waals surface area contributed by atoms with E-state index in [9.17, 15) is 4.79 Å². The Bertz CT molecular complexity index is 730. The number of ether oxygens (including phenoxy) is 1. The molecule has 142 valence electrons. The molecular formula is C22H27N3O2. The van der Waals surface area contributed by atoms with Gasteiger partial charge in [0.1, 0.15) is 0 Å². The first-order chi connectivity index (χ1) is 13.3. The Labute approximate surface area is 160 Å². The number of nitrogens with one attached hydrogen (secondary N) is 1. The highest BCUT2D eigenvalue weighted by atomic mass is 16.5. The zero-order valence-corrected chi connectivity index (χ0v) is 15.6. The fourth-order valence-electron chi connectivity index (χ4n) is 4.12. The van der Waals surface area contributed by atoms with Crippen LogP contribution in [0.4, 0.5) is 0 Å². The summed E-state index contributed by atoms with van der Waals surface area (Å²) >= 11 is 0. The van der Waals surface area contributed by atoms with E-state index in [1.807, 2.05) is 47.6 Å². The van der Waals surface area contributed by atoms with Gasteiger partial charge in [-0.25, -0.2) is 0 Å². The van der Waals surface area contributed by atoms with E-state index in [1.165, 1.54) is 5.56 Å². The number of nitrogens with zero attached hydrogens (tertiary/aromatic N) is 2. The molecule has 2 aliphatic heterocycles. The van der Waals surface area contributed by atoms with Crippen molar-refractivity contribution in [1.29, 1.82) is 0 Å². The Kier molecular flexibility index (Phi) is 5.80. The lowest BCUT2D eigenvalue weighted by atomic mass is 9.93.